The summed E-state index contributed by atoms with van der Waals surface area (Å²) in [6, 6.07) is 22.5. The van der Waals surface area contributed by atoms with Gasteiger partial charge >= 0.3 is 0 Å². The molecule has 3 aromatic carbocycles. The van der Waals surface area contributed by atoms with E-state index in [4.69, 9.17) is 21.1 Å². The summed E-state index contributed by atoms with van der Waals surface area (Å²) in [5, 5.41) is 3.69. The van der Waals surface area contributed by atoms with Crippen molar-refractivity contribution in [2.24, 2.45) is 4.99 Å². The summed E-state index contributed by atoms with van der Waals surface area (Å²) in [6.07, 6.45) is 3.52. The lowest BCUT2D eigenvalue weighted by Crippen LogP contribution is -2.28. The van der Waals surface area contributed by atoms with Crippen LogP contribution in [0.25, 0.3) is 6.08 Å². The Balaban J connectivity index is 1.41. The summed E-state index contributed by atoms with van der Waals surface area (Å²) in [7, 11) is 1.59. The summed E-state index contributed by atoms with van der Waals surface area (Å²) >= 11 is 8.69. The molecule has 36 heavy (non-hydrogen) atoms. The number of methoxy groups -OCH3 is 1. The zero-order chi connectivity index (χ0) is 24.9. The Morgan fingerprint density at radius 2 is 1.86 bits per heavy atom. The highest BCUT2D eigenvalue weighted by molar-refractivity contribution is 8.19. The molecule has 4 aromatic rings. The van der Waals surface area contributed by atoms with Crippen LogP contribution in [0.1, 0.15) is 11.1 Å². The highest BCUT2D eigenvalue weighted by Crippen LogP contribution is 2.38. The van der Waals surface area contributed by atoms with Gasteiger partial charge in [0.25, 0.3) is 5.91 Å². The number of carbonyl (C=O) groups is 1. The van der Waals surface area contributed by atoms with Crippen LogP contribution in [-0.4, -0.2) is 23.2 Å². The highest BCUT2D eigenvalue weighted by atomic mass is 35.5. The van der Waals surface area contributed by atoms with Gasteiger partial charge in [-0.05, 0) is 65.4 Å². The van der Waals surface area contributed by atoms with Crippen molar-refractivity contribution >= 4 is 62.7 Å². The van der Waals surface area contributed by atoms with Gasteiger partial charge in [0.05, 0.1) is 17.7 Å². The van der Waals surface area contributed by atoms with Gasteiger partial charge in [-0.15, -0.1) is 11.3 Å². The normalized spacial score (nSPS) is 15.6. The van der Waals surface area contributed by atoms with Gasteiger partial charge in [-0.25, -0.2) is 4.98 Å². The van der Waals surface area contributed by atoms with Crippen molar-refractivity contribution < 1.29 is 14.3 Å². The first-order valence-electron chi connectivity index (χ1n) is 10.9. The molecule has 0 aliphatic carbocycles. The Bertz CT molecular complexity index is 1420. The Hall–Kier alpha value is -3.59. The molecule has 0 N–H and O–H groups in total. The Labute approximate surface area is 221 Å². The minimum absolute atomic E-state index is 0.150. The zero-order valence-electron chi connectivity index (χ0n) is 19.1. The molecule has 0 spiro atoms. The molecule has 2 heterocycles. The fourth-order valence-corrected chi connectivity index (χ4v) is 5.16. The molecule has 1 fully saturated rings. The van der Waals surface area contributed by atoms with Gasteiger partial charge in [0, 0.05) is 16.6 Å². The average Bonchev–Trinajstić information content (AvgIpc) is 3.52. The smallest absolute Gasteiger partial charge is 0.271 e. The third kappa shape index (κ3) is 5.46. The van der Waals surface area contributed by atoms with Crippen molar-refractivity contribution in [2.45, 2.75) is 6.61 Å². The van der Waals surface area contributed by atoms with Crippen LogP contribution < -0.4 is 14.4 Å². The molecule has 0 bridgehead atoms. The molecule has 1 amide bonds. The molecule has 1 aliphatic heterocycles. The first kappa shape index (κ1) is 24.1. The predicted molar refractivity (Wildman–Crippen MR) is 147 cm³/mol. The first-order chi connectivity index (χ1) is 17.6. The van der Waals surface area contributed by atoms with E-state index in [2.05, 4.69) is 9.98 Å². The van der Waals surface area contributed by atoms with E-state index in [0.29, 0.717) is 38.3 Å². The highest BCUT2D eigenvalue weighted by Gasteiger charge is 2.35. The van der Waals surface area contributed by atoms with Crippen LogP contribution in [0.3, 0.4) is 0 Å². The number of carbonyl (C=O) groups excluding carboxylic acids is 1. The SMILES string of the molecule is COc1cc(/C=C2\S/C(=N/c3nccs3)N(c3ccccc3)C2=O)ccc1OCc1ccc(Cl)cc1. The van der Waals surface area contributed by atoms with E-state index in [-0.39, 0.29) is 5.91 Å². The first-order valence-corrected chi connectivity index (χ1v) is 13.0. The maximum atomic E-state index is 13.4. The molecule has 1 aliphatic rings. The predicted octanol–water partition coefficient (Wildman–Crippen LogP) is 7.19. The van der Waals surface area contributed by atoms with Crippen LogP contribution >= 0.6 is 34.7 Å². The van der Waals surface area contributed by atoms with Gasteiger partial charge in [0.15, 0.2) is 16.7 Å². The number of benzene rings is 3. The van der Waals surface area contributed by atoms with E-state index in [1.807, 2.05) is 84.3 Å². The maximum absolute atomic E-state index is 13.4. The number of aromatic nitrogens is 1. The number of amides is 1. The van der Waals surface area contributed by atoms with E-state index < -0.39 is 0 Å². The molecule has 9 heteroatoms. The van der Waals surface area contributed by atoms with Crippen molar-refractivity contribution in [3.8, 4) is 11.5 Å². The number of hydrogen-bond donors (Lipinski definition) is 0. The number of thioether (sulfide) groups is 1. The van der Waals surface area contributed by atoms with Gasteiger partial charge < -0.3 is 9.47 Å². The van der Waals surface area contributed by atoms with Crippen molar-refractivity contribution in [1.29, 1.82) is 0 Å². The minimum Gasteiger partial charge on any atom is -0.493 e. The van der Waals surface area contributed by atoms with Crippen LogP contribution in [0.5, 0.6) is 11.5 Å². The second kappa shape index (κ2) is 11.0. The molecule has 0 unspecified atom stereocenters. The minimum atomic E-state index is -0.150. The van der Waals surface area contributed by atoms with Gasteiger partial charge in [-0.1, -0.05) is 48.0 Å². The third-order valence-electron chi connectivity index (χ3n) is 5.22. The third-order valence-corrected chi connectivity index (χ3v) is 7.11. The second-order valence-electron chi connectivity index (χ2n) is 7.62. The van der Waals surface area contributed by atoms with Crippen LogP contribution in [-0.2, 0) is 11.4 Å². The van der Waals surface area contributed by atoms with Crippen molar-refractivity contribution in [2.75, 3.05) is 12.0 Å². The summed E-state index contributed by atoms with van der Waals surface area (Å²) in [4.78, 5) is 24.4. The number of hydrogen-bond acceptors (Lipinski definition) is 7. The van der Waals surface area contributed by atoms with E-state index in [1.165, 1.54) is 23.1 Å². The molecule has 6 nitrogen and oxygen atoms in total. The van der Waals surface area contributed by atoms with Gasteiger partial charge in [-0.2, -0.15) is 4.99 Å². The molecular formula is C27H20ClN3O3S2. The van der Waals surface area contributed by atoms with Gasteiger partial charge in [-0.3, -0.25) is 9.69 Å². The Morgan fingerprint density at radius 1 is 1.06 bits per heavy atom. The largest absolute Gasteiger partial charge is 0.493 e. The number of halogens is 1. The van der Waals surface area contributed by atoms with Gasteiger partial charge in [0.1, 0.15) is 6.61 Å². The topological polar surface area (TPSA) is 64.0 Å². The van der Waals surface area contributed by atoms with Crippen molar-refractivity contribution in [3.63, 3.8) is 0 Å². The molecule has 1 aromatic heterocycles. The van der Waals surface area contributed by atoms with E-state index in [9.17, 15) is 4.79 Å². The summed E-state index contributed by atoms with van der Waals surface area (Å²) in [6.45, 7) is 0.380. The van der Waals surface area contributed by atoms with E-state index in [1.54, 1.807) is 18.2 Å². The number of ether oxygens (including phenoxy) is 2. The fraction of sp³-hybridized carbons (Fsp3) is 0.0741. The lowest BCUT2D eigenvalue weighted by atomic mass is 10.1. The zero-order valence-corrected chi connectivity index (χ0v) is 21.5. The molecule has 0 radical (unpaired) electrons. The second-order valence-corrected chi connectivity index (χ2v) is 9.94. The lowest BCUT2D eigenvalue weighted by molar-refractivity contribution is -0.113. The molecule has 180 valence electrons. The number of thiazole rings is 1. The van der Waals surface area contributed by atoms with Crippen molar-refractivity contribution in [3.05, 3.63) is 105 Å². The number of aliphatic imine (C=N–C) groups is 1. The molecule has 0 atom stereocenters. The summed E-state index contributed by atoms with van der Waals surface area (Å²) in [5.74, 6) is 1.03. The van der Waals surface area contributed by atoms with E-state index >= 15 is 0 Å². The van der Waals surface area contributed by atoms with E-state index in [0.717, 1.165) is 16.8 Å². The van der Waals surface area contributed by atoms with Crippen LogP contribution in [0, 0.1) is 0 Å². The van der Waals surface area contributed by atoms with Gasteiger partial charge in [0.2, 0.25) is 5.13 Å². The molecule has 5 rings (SSSR count). The monoisotopic (exact) mass is 533 g/mol. The number of anilines is 1. The molecule has 0 saturated carbocycles. The quantitative estimate of drug-likeness (QED) is 0.235. The maximum Gasteiger partial charge on any atom is 0.271 e. The standard InChI is InChI=1S/C27H20ClN3O3S2/c1-33-23-15-19(9-12-22(23)34-17-18-7-10-20(28)11-8-18)16-24-25(32)31(21-5-3-2-4-6-21)27(36-24)30-26-29-13-14-35-26/h2-16H,17H2,1H3/b24-16-,30-27+. The Morgan fingerprint density at radius 3 is 2.58 bits per heavy atom. The number of amidine groups is 1. The van der Waals surface area contributed by atoms with Crippen molar-refractivity contribution in [1.82, 2.24) is 4.98 Å². The number of para-hydroxylation sites is 1. The average molecular weight is 534 g/mol. The lowest BCUT2D eigenvalue weighted by Gasteiger charge is -2.15. The fourth-order valence-electron chi connectivity index (χ4n) is 3.49. The van der Waals surface area contributed by atoms with Crippen LogP contribution in [0.15, 0.2) is 94.3 Å². The van der Waals surface area contributed by atoms with Crippen LogP contribution in [0.2, 0.25) is 5.02 Å². The summed E-state index contributed by atoms with van der Waals surface area (Å²) < 4.78 is 11.5. The number of nitrogens with zero attached hydrogens (tertiary/aromatic N) is 3. The van der Waals surface area contributed by atoms with Crippen LogP contribution in [0.4, 0.5) is 10.8 Å². The summed E-state index contributed by atoms with van der Waals surface area (Å²) in [5.41, 5.74) is 2.55. The molecule has 1 saturated heterocycles. The number of rotatable bonds is 7. The molecular weight excluding hydrogens is 514 g/mol. The Kier molecular flexibility index (Phi) is 7.36.